The van der Waals surface area contributed by atoms with Gasteiger partial charge < -0.3 is 15.1 Å². The molecule has 0 radical (unpaired) electrons. The van der Waals surface area contributed by atoms with E-state index in [4.69, 9.17) is 0 Å². The van der Waals surface area contributed by atoms with Crippen LogP contribution >= 0.6 is 12.4 Å². The van der Waals surface area contributed by atoms with Gasteiger partial charge in [0.15, 0.2) is 0 Å². The van der Waals surface area contributed by atoms with Gasteiger partial charge in [-0.05, 0) is 47.9 Å². The van der Waals surface area contributed by atoms with Crippen molar-refractivity contribution in [2.24, 2.45) is 0 Å². The van der Waals surface area contributed by atoms with E-state index in [0.29, 0.717) is 25.2 Å². The number of hydrogen-bond acceptors (Lipinski definition) is 2. The zero-order valence-electron chi connectivity index (χ0n) is 15.7. The smallest absolute Gasteiger partial charge is 0.320 e. The van der Waals surface area contributed by atoms with Crippen molar-refractivity contribution in [1.29, 1.82) is 0 Å². The van der Waals surface area contributed by atoms with Gasteiger partial charge in [-0.2, -0.15) is 0 Å². The highest BCUT2D eigenvalue weighted by atomic mass is 35.5. The summed E-state index contributed by atoms with van der Waals surface area (Å²) in [5, 5.41) is 3.26. The number of aryl methyl sites for hydroxylation is 1. The summed E-state index contributed by atoms with van der Waals surface area (Å²) in [4.78, 5) is 16.1. The molecule has 3 rings (SSSR count). The van der Waals surface area contributed by atoms with E-state index in [1.807, 2.05) is 6.92 Å². The zero-order valence-corrected chi connectivity index (χ0v) is 16.5. The molecule has 28 heavy (non-hydrogen) atoms. The van der Waals surface area contributed by atoms with Crippen molar-refractivity contribution in [3.05, 3.63) is 70.5 Å². The van der Waals surface area contributed by atoms with Crippen molar-refractivity contribution in [2.45, 2.75) is 19.5 Å². The summed E-state index contributed by atoms with van der Waals surface area (Å²) in [6.45, 7) is 3.59. The van der Waals surface area contributed by atoms with Gasteiger partial charge >= 0.3 is 6.03 Å². The second-order valence-electron chi connectivity index (χ2n) is 6.83. The minimum atomic E-state index is -0.673. The van der Waals surface area contributed by atoms with E-state index in [2.05, 4.69) is 5.32 Å². The number of urea groups is 1. The van der Waals surface area contributed by atoms with Crippen LogP contribution in [0.1, 0.15) is 22.7 Å². The lowest BCUT2D eigenvalue weighted by molar-refractivity contribution is 0.126. The van der Waals surface area contributed by atoms with E-state index in [1.54, 1.807) is 18.0 Å². The molecule has 0 saturated carbocycles. The molecule has 1 N–H and O–H groups in total. The minimum absolute atomic E-state index is 0. The SMILES string of the molecule is Cc1cc(F)ccc1[C@H]1CNCCN1C(=O)N(C)Cc1cc(F)cc(F)c1.Cl. The monoisotopic (exact) mass is 413 g/mol. The average Bonchev–Trinajstić information content (AvgIpc) is 2.60. The molecule has 0 unspecified atom stereocenters. The highest BCUT2D eigenvalue weighted by molar-refractivity contribution is 5.85. The van der Waals surface area contributed by atoms with Crippen LogP contribution in [0.4, 0.5) is 18.0 Å². The third-order valence-electron chi connectivity index (χ3n) is 4.75. The Balaban J connectivity index is 0.00000280. The van der Waals surface area contributed by atoms with Gasteiger partial charge in [-0.1, -0.05) is 6.07 Å². The van der Waals surface area contributed by atoms with Crippen molar-refractivity contribution in [3.8, 4) is 0 Å². The molecular formula is C20H23ClF3N3O. The summed E-state index contributed by atoms with van der Waals surface area (Å²) in [7, 11) is 1.60. The number of nitrogens with one attached hydrogen (secondary N) is 1. The summed E-state index contributed by atoms with van der Waals surface area (Å²) in [6.07, 6.45) is 0. The molecule has 0 bridgehead atoms. The van der Waals surface area contributed by atoms with Crippen molar-refractivity contribution < 1.29 is 18.0 Å². The zero-order chi connectivity index (χ0) is 19.6. The van der Waals surface area contributed by atoms with Crippen LogP contribution in [-0.2, 0) is 6.54 Å². The third kappa shape index (κ3) is 4.97. The fourth-order valence-corrected chi connectivity index (χ4v) is 3.49. The first kappa shape index (κ1) is 22.0. The molecular weight excluding hydrogens is 391 g/mol. The maximum absolute atomic E-state index is 13.4. The molecule has 0 aromatic heterocycles. The number of rotatable bonds is 3. The maximum atomic E-state index is 13.4. The van der Waals surface area contributed by atoms with Gasteiger partial charge in [0.1, 0.15) is 17.5 Å². The van der Waals surface area contributed by atoms with Gasteiger partial charge in [0.25, 0.3) is 0 Å². The maximum Gasteiger partial charge on any atom is 0.320 e. The Morgan fingerprint density at radius 3 is 2.46 bits per heavy atom. The van der Waals surface area contributed by atoms with Crippen LogP contribution in [0.3, 0.4) is 0 Å². The van der Waals surface area contributed by atoms with Gasteiger partial charge in [-0.15, -0.1) is 12.4 Å². The fraction of sp³-hybridized carbons (Fsp3) is 0.350. The van der Waals surface area contributed by atoms with Crippen LogP contribution in [0.2, 0.25) is 0 Å². The van der Waals surface area contributed by atoms with Crippen molar-refractivity contribution >= 4 is 18.4 Å². The summed E-state index contributed by atoms with van der Waals surface area (Å²) in [5.74, 6) is -1.66. The number of carbonyl (C=O) groups excluding carboxylic acids is 1. The van der Waals surface area contributed by atoms with Crippen LogP contribution in [0, 0.1) is 24.4 Å². The Morgan fingerprint density at radius 1 is 1.14 bits per heavy atom. The second kappa shape index (κ2) is 9.30. The number of nitrogens with zero attached hydrogens (tertiary/aromatic N) is 2. The van der Waals surface area contributed by atoms with Gasteiger partial charge in [0, 0.05) is 39.3 Å². The lowest BCUT2D eigenvalue weighted by Crippen LogP contribution is -2.52. The van der Waals surface area contributed by atoms with E-state index in [9.17, 15) is 18.0 Å². The molecule has 1 fully saturated rings. The standard InChI is InChI=1S/C20H22F3N3O.ClH/c1-13-7-15(21)3-4-18(13)19-11-24-5-6-26(19)20(27)25(2)12-14-8-16(22)10-17(23)9-14;/h3-4,7-10,19,24H,5-6,11-12H2,1-2H3;1H/t19-;/m1./s1. The lowest BCUT2D eigenvalue weighted by Gasteiger charge is -2.39. The summed E-state index contributed by atoms with van der Waals surface area (Å²) < 4.78 is 40.2. The van der Waals surface area contributed by atoms with Crippen molar-refractivity contribution in [1.82, 2.24) is 15.1 Å². The van der Waals surface area contributed by atoms with Gasteiger partial charge in [0.05, 0.1) is 6.04 Å². The summed E-state index contributed by atoms with van der Waals surface area (Å²) >= 11 is 0. The Kier molecular flexibility index (Phi) is 7.32. The third-order valence-corrected chi connectivity index (χ3v) is 4.75. The van der Waals surface area contributed by atoms with Crippen LogP contribution in [0.5, 0.6) is 0 Å². The van der Waals surface area contributed by atoms with E-state index in [1.165, 1.54) is 29.2 Å². The molecule has 1 atom stereocenters. The number of benzene rings is 2. The van der Waals surface area contributed by atoms with Gasteiger partial charge in [-0.3, -0.25) is 0 Å². The Bertz CT molecular complexity index is 829. The molecule has 2 amide bonds. The first-order chi connectivity index (χ1) is 12.8. The molecule has 1 aliphatic rings. The van der Waals surface area contributed by atoms with Crippen LogP contribution in [-0.4, -0.2) is 42.5 Å². The molecule has 0 spiro atoms. The first-order valence-corrected chi connectivity index (χ1v) is 8.78. The molecule has 8 heteroatoms. The molecule has 2 aromatic rings. The quantitative estimate of drug-likeness (QED) is 0.824. The highest BCUT2D eigenvalue weighted by Crippen LogP contribution is 2.27. The Morgan fingerprint density at radius 2 is 1.82 bits per heavy atom. The van der Waals surface area contributed by atoms with Gasteiger partial charge in [0.2, 0.25) is 0 Å². The predicted octanol–water partition coefficient (Wildman–Crippen LogP) is 4.03. The summed E-state index contributed by atoms with van der Waals surface area (Å²) in [5.41, 5.74) is 2.03. The minimum Gasteiger partial charge on any atom is -0.323 e. The number of amides is 2. The molecule has 2 aromatic carbocycles. The Labute approximate surface area is 168 Å². The Hall–Kier alpha value is -2.25. The fourth-order valence-electron chi connectivity index (χ4n) is 3.49. The number of piperazine rings is 1. The molecule has 0 aliphatic carbocycles. The van der Waals surface area contributed by atoms with Crippen LogP contribution in [0.15, 0.2) is 36.4 Å². The molecule has 1 heterocycles. The van der Waals surface area contributed by atoms with Crippen molar-refractivity contribution in [3.63, 3.8) is 0 Å². The van der Waals surface area contributed by atoms with E-state index < -0.39 is 11.6 Å². The largest absolute Gasteiger partial charge is 0.323 e. The highest BCUT2D eigenvalue weighted by Gasteiger charge is 2.30. The number of carbonyl (C=O) groups is 1. The van der Waals surface area contributed by atoms with Crippen LogP contribution < -0.4 is 5.32 Å². The first-order valence-electron chi connectivity index (χ1n) is 8.78. The molecule has 1 aliphatic heterocycles. The topological polar surface area (TPSA) is 35.6 Å². The van der Waals surface area contributed by atoms with E-state index in [0.717, 1.165) is 17.2 Å². The normalized spacial score (nSPS) is 16.5. The van der Waals surface area contributed by atoms with Gasteiger partial charge in [-0.25, -0.2) is 18.0 Å². The average molecular weight is 414 g/mol. The van der Waals surface area contributed by atoms with E-state index >= 15 is 0 Å². The van der Waals surface area contributed by atoms with Crippen molar-refractivity contribution in [2.75, 3.05) is 26.7 Å². The lowest BCUT2D eigenvalue weighted by atomic mass is 9.98. The molecule has 1 saturated heterocycles. The second-order valence-corrected chi connectivity index (χ2v) is 6.83. The molecule has 4 nitrogen and oxygen atoms in total. The predicted molar refractivity (Wildman–Crippen MR) is 104 cm³/mol. The molecule has 152 valence electrons. The van der Waals surface area contributed by atoms with E-state index in [-0.39, 0.29) is 36.8 Å². The number of halogens is 4. The number of hydrogen-bond donors (Lipinski definition) is 1. The van der Waals surface area contributed by atoms with Crippen LogP contribution in [0.25, 0.3) is 0 Å². The summed E-state index contributed by atoms with van der Waals surface area (Å²) in [6, 6.07) is 7.29.